The van der Waals surface area contributed by atoms with Crippen LogP contribution in [0.1, 0.15) is 58.3 Å². The summed E-state index contributed by atoms with van der Waals surface area (Å²) < 4.78 is 0. The zero-order valence-corrected chi connectivity index (χ0v) is 14.0. The van der Waals surface area contributed by atoms with Crippen molar-refractivity contribution in [2.24, 2.45) is 11.3 Å². The molecule has 19 heavy (non-hydrogen) atoms. The number of hydrogen-bond acceptors (Lipinski definition) is 2. The SMILES string of the molecule is CCCCC(CC)(CNCC(C)C)Cc1cccs1. The van der Waals surface area contributed by atoms with Crippen LogP contribution in [0.5, 0.6) is 0 Å². The summed E-state index contributed by atoms with van der Waals surface area (Å²) in [5.74, 6) is 0.738. The fourth-order valence-electron chi connectivity index (χ4n) is 2.63. The summed E-state index contributed by atoms with van der Waals surface area (Å²) in [6.07, 6.45) is 6.52. The maximum atomic E-state index is 3.70. The molecule has 1 atom stereocenters. The molecule has 1 unspecified atom stereocenters. The summed E-state index contributed by atoms with van der Waals surface area (Å²) in [7, 11) is 0. The summed E-state index contributed by atoms with van der Waals surface area (Å²) in [4.78, 5) is 1.55. The number of rotatable bonds is 10. The summed E-state index contributed by atoms with van der Waals surface area (Å²) in [5.41, 5.74) is 0.454. The minimum Gasteiger partial charge on any atom is -0.316 e. The molecular formula is C17H31NS. The van der Waals surface area contributed by atoms with Crippen molar-refractivity contribution in [3.05, 3.63) is 22.4 Å². The van der Waals surface area contributed by atoms with E-state index in [-0.39, 0.29) is 0 Å². The molecule has 0 spiro atoms. The molecule has 0 aliphatic heterocycles. The predicted octanol–water partition coefficient (Wildman–Crippen LogP) is 5.12. The van der Waals surface area contributed by atoms with E-state index in [2.05, 4.69) is 50.5 Å². The molecule has 110 valence electrons. The van der Waals surface area contributed by atoms with E-state index in [9.17, 15) is 0 Å². The maximum absolute atomic E-state index is 3.70. The Balaban J connectivity index is 2.63. The quantitative estimate of drug-likeness (QED) is 0.627. The molecule has 1 heterocycles. The molecule has 0 aliphatic carbocycles. The van der Waals surface area contributed by atoms with Gasteiger partial charge in [0.25, 0.3) is 0 Å². The second-order valence-electron chi connectivity index (χ2n) is 6.24. The summed E-state index contributed by atoms with van der Waals surface area (Å²) >= 11 is 1.91. The van der Waals surface area contributed by atoms with Crippen LogP contribution in [0.2, 0.25) is 0 Å². The van der Waals surface area contributed by atoms with E-state index in [1.807, 2.05) is 11.3 Å². The molecule has 1 aromatic heterocycles. The van der Waals surface area contributed by atoms with Crippen molar-refractivity contribution in [1.82, 2.24) is 5.32 Å². The van der Waals surface area contributed by atoms with Crippen molar-refractivity contribution >= 4 is 11.3 Å². The summed E-state index contributed by atoms with van der Waals surface area (Å²) in [5, 5.41) is 5.91. The molecule has 1 rings (SSSR count). The fourth-order valence-corrected chi connectivity index (χ4v) is 3.51. The Morgan fingerprint density at radius 2 is 2.11 bits per heavy atom. The Labute approximate surface area is 123 Å². The van der Waals surface area contributed by atoms with Crippen LogP contribution < -0.4 is 5.32 Å². The van der Waals surface area contributed by atoms with Gasteiger partial charge in [0.05, 0.1) is 0 Å². The van der Waals surface area contributed by atoms with Crippen LogP contribution in [0.15, 0.2) is 17.5 Å². The van der Waals surface area contributed by atoms with Crippen LogP contribution in [0.4, 0.5) is 0 Å². The molecule has 0 amide bonds. The lowest BCUT2D eigenvalue weighted by atomic mass is 9.76. The molecule has 2 heteroatoms. The first kappa shape index (κ1) is 16.7. The van der Waals surface area contributed by atoms with Crippen molar-refractivity contribution in [2.45, 2.75) is 59.8 Å². The van der Waals surface area contributed by atoms with Gasteiger partial charge in [-0.05, 0) is 48.6 Å². The van der Waals surface area contributed by atoms with Gasteiger partial charge in [-0.3, -0.25) is 0 Å². The minimum absolute atomic E-state index is 0.454. The number of nitrogens with one attached hydrogen (secondary N) is 1. The largest absolute Gasteiger partial charge is 0.316 e. The zero-order valence-electron chi connectivity index (χ0n) is 13.2. The number of thiophene rings is 1. The van der Waals surface area contributed by atoms with Crippen molar-refractivity contribution in [3.8, 4) is 0 Å². The van der Waals surface area contributed by atoms with Crippen molar-refractivity contribution in [2.75, 3.05) is 13.1 Å². The number of unbranched alkanes of at least 4 members (excludes halogenated alkanes) is 1. The third kappa shape index (κ3) is 6.09. The van der Waals surface area contributed by atoms with Crippen LogP contribution in [0.3, 0.4) is 0 Å². The second-order valence-corrected chi connectivity index (χ2v) is 7.27. The number of hydrogen-bond donors (Lipinski definition) is 1. The van der Waals surface area contributed by atoms with Gasteiger partial charge >= 0.3 is 0 Å². The average Bonchev–Trinajstić information content (AvgIpc) is 2.88. The van der Waals surface area contributed by atoms with Crippen LogP contribution in [-0.4, -0.2) is 13.1 Å². The third-order valence-corrected chi connectivity index (χ3v) is 4.87. The minimum atomic E-state index is 0.454. The van der Waals surface area contributed by atoms with Gasteiger partial charge in [0.1, 0.15) is 0 Å². The summed E-state index contributed by atoms with van der Waals surface area (Å²) in [6, 6.07) is 4.48. The lowest BCUT2D eigenvalue weighted by Gasteiger charge is -2.33. The van der Waals surface area contributed by atoms with Gasteiger partial charge in [0.15, 0.2) is 0 Å². The second kappa shape index (κ2) is 8.76. The molecular weight excluding hydrogens is 250 g/mol. The molecule has 0 bridgehead atoms. The highest BCUT2D eigenvalue weighted by molar-refractivity contribution is 7.09. The highest BCUT2D eigenvalue weighted by atomic mass is 32.1. The lowest BCUT2D eigenvalue weighted by molar-refractivity contribution is 0.227. The van der Waals surface area contributed by atoms with Crippen molar-refractivity contribution in [1.29, 1.82) is 0 Å². The van der Waals surface area contributed by atoms with Gasteiger partial charge < -0.3 is 5.32 Å². The first-order valence-corrected chi connectivity index (χ1v) is 8.73. The van der Waals surface area contributed by atoms with Gasteiger partial charge in [0, 0.05) is 11.4 Å². The van der Waals surface area contributed by atoms with Gasteiger partial charge in [-0.25, -0.2) is 0 Å². The van der Waals surface area contributed by atoms with E-state index in [1.54, 1.807) is 4.88 Å². The zero-order chi connectivity index (χ0) is 14.1. The van der Waals surface area contributed by atoms with E-state index in [0.717, 1.165) is 12.5 Å². The average molecular weight is 282 g/mol. The molecule has 0 aliphatic rings. The van der Waals surface area contributed by atoms with Crippen LogP contribution >= 0.6 is 11.3 Å². The van der Waals surface area contributed by atoms with Crippen LogP contribution in [0, 0.1) is 11.3 Å². The molecule has 0 radical (unpaired) electrons. The van der Waals surface area contributed by atoms with Gasteiger partial charge in [-0.1, -0.05) is 46.6 Å². The Kier molecular flexibility index (Phi) is 7.70. The standard InChI is InChI=1S/C17H31NS/c1-5-7-10-17(6-2,14-18-13-15(3)4)12-16-9-8-11-19-16/h8-9,11,15,18H,5-7,10,12-14H2,1-4H3. The van der Waals surface area contributed by atoms with Crippen LogP contribution in [0.25, 0.3) is 0 Å². The Hall–Kier alpha value is -0.340. The highest BCUT2D eigenvalue weighted by Crippen LogP contribution is 2.34. The molecule has 0 saturated heterocycles. The van der Waals surface area contributed by atoms with Gasteiger partial charge in [-0.15, -0.1) is 11.3 Å². The van der Waals surface area contributed by atoms with Gasteiger partial charge in [-0.2, -0.15) is 0 Å². The van der Waals surface area contributed by atoms with Gasteiger partial charge in [0.2, 0.25) is 0 Å². The fraction of sp³-hybridized carbons (Fsp3) is 0.765. The Morgan fingerprint density at radius 3 is 2.63 bits per heavy atom. The Bertz CT molecular complexity index is 318. The van der Waals surface area contributed by atoms with E-state index in [0.29, 0.717) is 5.41 Å². The first-order chi connectivity index (χ1) is 9.12. The monoisotopic (exact) mass is 281 g/mol. The van der Waals surface area contributed by atoms with E-state index < -0.39 is 0 Å². The smallest absolute Gasteiger partial charge is 0.00512 e. The van der Waals surface area contributed by atoms with E-state index >= 15 is 0 Å². The van der Waals surface area contributed by atoms with E-state index in [1.165, 1.54) is 38.6 Å². The van der Waals surface area contributed by atoms with Crippen LogP contribution in [-0.2, 0) is 6.42 Å². The predicted molar refractivity (Wildman–Crippen MR) is 88.0 cm³/mol. The molecule has 1 nitrogen and oxygen atoms in total. The Morgan fingerprint density at radius 1 is 1.32 bits per heavy atom. The molecule has 0 aromatic carbocycles. The van der Waals surface area contributed by atoms with Crippen molar-refractivity contribution in [3.63, 3.8) is 0 Å². The maximum Gasteiger partial charge on any atom is 0.00512 e. The topological polar surface area (TPSA) is 12.0 Å². The normalized spacial score (nSPS) is 14.8. The molecule has 1 aromatic rings. The highest BCUT2D eigenvalue weighted by Gasteiger charge is 2.28. The molecule has 1 N–H and O–H groups in total. The third-order valence-electron chi connectivity index (χ3n) is 3.99. The summed E-state index contributed by atoms with van der Waals surface area (Å²) in [6.45, 7) is 11.5. The first-order valence-electron chi connectivity index (χ1n) is 7.85. The molecule has 0 fully saturated rings. The molecule has 0 saturated carbocycles. The van der Waals surface area contributed by atoms with E-state index in [4.69, 9.17) is 0 Å². The van der Waals surface area contributed by atoms with Crippen molar-refractivity contribution < 1.29 is 0 Å². The lowest BCUT2D eigenvalue weighted by Crippen LogP contribution is -2.37.